The van der Waals surface area contributed by atoms with Gasteiger partial charge in [0.2, 0.25) is 0 Å². The number of nitrogens with zero attached hydrogens (tertiary/aromatic N) is 2. The molecule has 3 N–H and O–H groups in total. The fraction of sp³-hybridized carbons (Fsp3) is 0.438. The van der Waals surface area contributed by atoms with Crippen molar-refractivity contribution >= 4 is 11.4 Å². The number of hydrogen-bond acceptors (Lipinski definition) is 7. The van der Waals surface area contributed by atoms with Crippen LogP contribution in [0.4, 0.5) is 11.4 Å². The van der Waals surface area contributed by atoms with Crippen LogP contribution in [0.15, 0.2) is 35.2 Å². The maximum absolute atomic E-state index is 9.60. The number of benzene rings is 1. The lowest BCUT2D eigenvalue weighted by atomic mass is 10.1. The van der Waals surface area contributed by atoms with Gasteiger partial charge >= 0.3 is 0 Å². The standard InChI is InChI=1S/C16H21N3O4/c20-10-13(21)8-18-14-7-12(16-9-17-11-23-16)1-2-15(14)19-3-5-22-6-4-19/h1-2,7,9,11,13,18,20-21H,3-6,8,10H2. The molecule has 1 aromatic carbocycles. The van der Waals surface area contributed by atoms with Crippen LogP contribution in [0.25, 0.3) is 11.3 Å². The molecule has 0 bridgehead atoms. The van der Waals surface area contributed by atoms with Gasteiger partial charge in [-0.2, -0.15) is 0 Å². The second kappa shape index (κ2) is 7.45. The smallest absolute Gasteiger partial charge is 0.181 e. The Kier molecular flexibility index (Phi) is 5.12. The summed E-state index contributed by atoms with van der Waals surface area (Å²) in [4.78, 5) is 6.18. The topological polar surface area (TPSA) is 91.0 Å². The van der Waals surface area contributed by atoms with E-state index < -0.39 is 6.10 Å². The van der Waals surface area contributed by atoms with E-state index in [1.54, 1.807) is 6.20 Å². The Morgan fingerprint density at radius 3 is 2.83 bits per heavy atom. The number of oxazole rings is 1. The number of hydrogen-bond donors (Lipinski definition) is 3. The van der Waals surface area contributed by atoms with Gasteiger partial charge in [0.15, 0.2) is 12.2 Å². The van der Waals surface area contributed by atoms with Crippen molar-refractivity contribution in [3.05, 3.63) is 30.8 Å². The van der Waals surface area contributed by atoms with E-state index in [9.17, 15) is 5.11 Å². The van der Waals surface area contributed by atoms with Crippen LogP contribution < -0.4 is 10.2 Å². The van der Waals surface area contributed by atoms with Crippen LogP contribution >= 0.6 is 0 Å². The van der Waals surface area contributed by atoms with Crippen molar-refractivity contribution in [2.75, 3.05) is 49.7 Å². The van der Waals surface area contributed by atoms with Crippen molar-refractivity contribution in [2.24, 2.45) is 0 Å². The molecule has 1 saturated heterocycles. The molecular weight excluding hydrogens is 298 g/mol. The van der Waals surface area contributed by atoms with Crippen LogP contribution in [0.3, 0.4) is 0 Å². The average molecular weight is 319 g/mol. The van der Waals surface area contributed by atoms with Gasteiger partial charge in [0.05, 0.1) is 43.5 Å². The molecule has 0 saturated carbocycles. The number of anilines is 2. The molecule has 0 spiro atoms. The normalized spacial score (nSPS) is 16.3. The van der Waals surface area contributed by atoms with E-state index in [1.165, 1.54) is 6.39 Å². The Balaban J connectivity index is 1.87. The number of aliphatic hydroxyl groups excluding tert-OH is 2. The first-order valence-electron chi connectivity index (χ1n) is 7.66. The largest absolute Gasteiger partial charge is 0.444 e. The van der Waals surface area contributed by atoms with Gasteiger partial charge in [-0.05, 0) is 18.2 Å². The highest BCUT2D eigenvalue weighted by atomic mass is 16.5. The van der Waals surface area contributed by atoms with E-state index >= 15 is 0 Å². The van der Waals surface area contributed by atoms with Crippen molar-refractivity contribution in [1.29, 1.82) is 0 Å². The first kappa shape index (κ1) is 15.8. The lowest BCUT2D eigenvalue weighted by Gasteiger charge is -2.31. The quantitative estimate of drug-likeness (QED) is 0.730. The SMILES string of the molecule is OCC(O)CNc1cc(-c2cnco2)ccc1N1CCOCC1. The van der Waals surface area contributed by atoms with Gasteiger partial charge in [-0.15, -0.1) is 0 Å². The van der Waals surface area contributed by atoms with E-state index in [0.29, 0.717) is 19.0 Å². The van der Waals surface area contributed by atoms with E-state index in [2.05, 4.69) is 15.2 Å². The summed E-state index contributed by atoms with van der Waals surface area (Å²) in [6.45, 7) is 3.03. The summed E-state index contributed by atoms with van der Waals surface area (Å²) in [6.07, 6.45) is 2.26. The minimum absolute atomic E-state index is 0.272. The number of rotatable bonds is 6. The summed E-state index contributed by atoms with van der Waals surface area (Å²) < 4.78 is 10.7. The number of aromatic nitrogens is 1. The van der Waals surface area contributed by atoms with Gasteiger partial charge in [0, 0.05) is 25.2 Å². The molecule has 2 aromatic rings. The monoisotopic (exact) mass is 319 g/mol. The molecule has 1 aliphatic heterocycles. The molecule has 7 heteroatoms. The van der Waals surface area contributed by atoms with Crippen LogP contribution in [-0.2, 0) is 4.74 Å². The number of morpholine rings is 1. The van der Waals surface area contributed by atoms with Crippen molar-refractivity contribution in [3.63, 3.8) is 0 Å². The zero-order valence-electron chi connectivity index (χ0n) is 12.8. The van der Waals surface area contributed by atoms with Gasteiger partial charge in [-0.1, -0.05) is 0 Å². The highest BCUT2D eigenvalue weighted by Crippen LogP contribution is 2.32. The minimum atomic E-state index is -0.804. The summed E-state index contributed by atoms with van der Waals surface area (Å²) >= 11 is 0. The molecule has 1 aliphatic rings. The Hall–Kier alpha value is -2.09. The van der Waals surface area contributed by atoms with Crippen molar-refractivity contribution < 1.29 is 19.4 Å². The lowest BCUT2D eigenvalue weighted by Crippen LogP contribution is -2.36. The van der Waals surface area contributed by atoms with Crippen LogP contribution in [-0.4, -0.2) is 60.8 Å². The van der Waals surface area contributed by atoms with E-state index in [0.717, 1.165) is 30.0 Å². The van der Waals surface area contributed by atoms with Crippen LogP contribution in [0.5, 0.6) is 0 Å². The molecule has 1 atom stereocenters. The Morgan fingerprint density at radius 1 is 1.30 bits per heavy atom. The number of nitrogens with one attached hydrogen (secondary N) is 1. The van der Waals surface area contributed by atoms with Gasteiger partial charge in [-0.25, -0.2) is 4.98 Å². The third-order valence-corrected chi connectivity index (χ3v) is 3.80. The summed E-state index contributed by atoms with van der Waals surface area (Å²) in [6, 6.07) is 5.98. The summed E-state index contributed by atoms with van der Waals surface area (Å²) in [5.74, 6) is 0.685. The van der Waals surface area contributed by atoms with Crippen molar-refractivity contribution in [1.82, 2.24) is 4.98 Å². The summed E-state index contributed by atoms with van der Waals surface area (Å²) in [5.41, 5.74) is 2.83. The first-order chi connectivity index (χ1) is 11.3. The Bertz CT molecular complexity index is 612. The molecule has 7 nitrogen and oxygen atoms in total. The summed E-state index contributed by atoms with van der Waals surface area (Å²) in [7, 11) is 0. The van der Waals surface area contributed by atoms with Gasteiger partial charge in [-0.3, -0.25) is 0 Å². The molecule has 3 rings (SSSR count). The fourth-order valence-corrected chi connectivity index (χ4v) is 2.56. The Labute approximate surface area is 134 Å². The lowest BCUT2D eigenvalue weighted by molar-refractivity contribution is 0.105. The summed E-state index contributed by atoms with van der Waals surface area (Å²) in [5, 5.41) is 21.8. The van der Waals surface area contributed by atoms with E-state index in [1.807, 2.05) is 18.2 Å². The number of aliphatic hydroxyl groups is 2. The predicted molar refractivity (Wildman–Crippen MR) is 86.6 cm³/mol. The predicted octanol–water partition coefficient (Wildman–Crippen LogP) is 0.943. The van der Waals surface area contributed by atoms with Crippen molar-refractivity contribution in [3.8, 4) is 11.3 Å². The molecule has 1 unspecified atom stereocenters. The zero-order valence-corrected chi connectivity index (χ0v) is 12.8. The zero-order chi connectivity index (χ0) is 16.1. The van der Waals surface area contributed by atoms with Gasteiger partial charge in [0.1, 0.15) is 0 Å². The molecule has 23 heavy (non-hydrogen) atoms. The molecule has 124 valence electrons. The number of ether oxygens (including phenoxy) is 1. The molecule has 0 amide bonds. The average Bonchev–Trinajstić information content (AvgIpc) is 3.15. The van der Waals surface area contributed by atoms with Crippen molar-refractivity contribution in [2.45, 2.75) is 6.10 Å². The minimum Gasteiger partial charge on any atom is -0.444 e. The van der Waals surface area contributed by atoms with Crippen LogP contribution in [0.1, 0.15) is 0 Å². The molecule has 0 aliphatic carbocycles. The third kappa shape index (κ3) is 3.82. The van der Waals surface area contributed by atoms with Crippen LogP contribution in [0.2, 0.25) is 0 Å². The van der Waals surface area contributed by atoms with E-state index in [-0.39, 0.29) is 13.2 Å². The highest BCUT2D eigenvalue weighted by Gasteiger charge is 2.16. The molecular formula is C16H21N3O4. The molecule has 1 fully saturated rings. The second-order valence-corrected chi connectivity index (χ2v) is 5.41. The highest BCUT2D eigenvalue weighted by molar-refractivity contribution is 5.76. The van der Waals surface area contributed by atoms with Gasteiger partial charge < -0.3 is 29.6 Å². The molecule has 2 heterocycles. The maximum Gasteiger partial charge on any atom is 0.181 e. The van der Waals surface area contributed by atoms with Crippen LogP contribution in [0, 0.1) is 0 Å². The molecule has 0 radical (unpaired) electrons. The van der Waals surface area contributed by atoms with Gasteiger partial charge in [0.25, 0.3) is 0 Å². The fourth-order valence-electron chi connectivity index (χ4n) is 2.56. The second-order valence-electron chi connectivity index (χ2n) is 5.41. The van der Waals surface area contributed by atoms with E-state index in [4.69, 9.17) is 14.3 Å². The maximum atomic E-state index is 9.60. The third-order valence-electron chi connectivity index (χ3n) is 3.80. The first-order valence-corrected chi connectivity index (χ1v) is 7.66. The Morgan fingerprint density at radius 2 is 2.13 bits per heavy atom. The molecule has 1 aromatic heterocycles.